The van der Waals surface area contributed by atoms with E-state index in [4.69, 9.17) is 4.42 Å². The number of furan rings is 1. The highest BCUT2D eigenvalue weighted by atomic mass is 79.9. The van der Waals surface area contributed by atoms with Crippen LogP contribution in [0, 0.1) is 5.92 Å². The second kappa shape index (κ2) is 6.60. The molecule has 19 heavy (non-hydrogen) atoms. The van der Waals surface area contributed by atoms with Gasteiger partial charge in [0.05, 0.1) is 5.56 Å². The highest BCUT2D eigenvalue weighted by Crippen LogP contribution is 2.26. The standard InChI is InChI=1S/C15H22BrNO2/c1-11(2)7-8-17(13-5-3-4-6-13)15(18)12-9-14(16)19-10-12/h9-11,13H,3-8H2,1-2H3. The van der Waals surface area contributed by atoms with E-state index in [1.807, 2.05) is 0 Å². The van der Waals surface area contributed by atoms with Crippen molar-refractivity contribution in [2.75, 3.05) is 6.54 Å². The van der Waals surface area contributed by atoms with E-state index in [0.29, 0.717) is 22.2 Å². The van der Waals surface area contributed by atoms with Crippen LogP contribution in [0.3, 0.4) is 0 Å². The van der Waals surface area contributed by atoms with Crippen molar-refractivity contribution in [1.82, 2.24) is 4.90 Å². The van der Waals surface area contributed by atoms with Gasteiger partial charge in [0.2, 0.25) is 0 Å². The number of carbonyl (C=O) groups is 1. The molecule has 0 radical (unpaired) electrons. The molecule has 1 aliphatic rings. The van der Waals surface area contributed by atoms with Crippen molar-refractivity contribution in [1.29, 1.82) is 0 Å². The van der Waals surface area contributed by atoms with E-state index < -0.39 is 0 Å². The van der Waals surface area contributed by atoms with Gasteiger partial charge in [-0.05, 0) is 41.1 Å². The highest BCUT2D eigenvalue weighted by Gasteiger charge is 2.28. The number of hydrogen-bond acceptors (Lipinski definition) is 2. The van der Waals surface area contributed by atoms with E-state index in [-0.39, 0.29) is 5.91 Å². The Kier molecular flexibility index (Phi) is 5.08. The van der Waals surface area contributed by atoms with Crippen LogP contribution in [0.15, 0.2) is 21.4 Å². The minimum Gasteiger partial charge on any atom is -0.457 e. The van der Waals surface area contributed by atoms with Crippen LogP contribution in [0.4, 0.5) is 0 Å². The molecule has 0 unspecified atom stereocenters. The molecule has 3 nitrogen and oxygen atoms in total. The molecule has 0 aromatic carbocycles. The largest absolute Gasteiger partial charge is 0.457 e. The van der Waals surface area contributed by atoms with Gasteiger partial charge in [0.25, 0.3) is 5.91 Å². The maximum atomic E-state index is 12.6. The lowest BCUT2D eigenvalue weighted by atomic mass is 10.1. The summed E-state index contributed by atoms with van der Waals surface area (Å²) in [4.78, 5) is 14.7. The Morgan fingerprint density at radius 1 is 1.47 bits per heavy atom. The molecular weight excluding hydrogens is 306 g/mol. The van der Waals surface area contributed by atoms with E-state index in [1.54, 1.807) is 12.3 Å². The maximum Gasteiger partial charge on any atom is 0.257 e. The molecule has 0 aliphatic heterocycles. The van der Waals surface area contributed by atoms with Gasteiger partial charge >= 0.3 is 0 Å². The van der Waals surface area contributed by atoms with E-state index in [2.05, 4.69) is 34.7 Å². The Bertz CT molecular complexity index is 422. The van der Waals surface area contributed by atoms with Crippen LogP contribution in [-0.2, 0) is 0 Å². The average Bonchev–Trinajstić information content (AvgIpc) is 3.00. The van der Waals surface area contributed by atoms with Gasteiger partial charge in [-0.2, -0.15) is 0 Å². The van der Waals surface area contributed by atoms with Gasteiger partial charge in [-0.15, -0.1) is 0 Å². The predicted molar refractivity (Wildman–Crippen MR) is 79.2 cm³/mol. The lowest BCUT2D eigenvalue weighted by Gasteiger charge is -2.29. The summed E-state index contributed by atoms with van der Waals surface area (Å²) in [6.07, 6.45) is 7.37. The lowest BCUT2D eigenvalue weighted by molar-refractivity contribution is 0.0671. The van der Waals surface area contributed by atoms with Crippen molar-refractivity contribution in [2.45, 2.75) is 52.0 Å². The summed E-state index contributed by atoms with van der Waals surface area (Å²) < 4.78 is 5.81. The first-order valence-electron chi connectivity index (χ1n) is 7.13. The third-order valence-electron chi connectivity index (χ3n) is 3.79. The zero-order valence-corrected chi connectivity index (χ0v) is 13.3. The molecule has 0 saturated heterocycles. The van der Waals surface area contributed by atoms with Crippen LogP contribution < -0.4 is 0 Å². The topological polar surface area (TPSA) is 33.5 Å². The van der Waals surface area contributed by atoms with Crippen molar-refractivity contribution in [3.63, 3.8) is 0 Å². The molecule has 1 fully saturated rings. The smallest absolute Gasteiger partial charge is 0.257 e. The Hall–Kier alpha value is -0.770. The molecule has 106 valence electrons. The third kappa shape index (κ3) is 3.85. The Labute approximate surface area is 123 Å². The number of hydrogen-bond donors (Lipinski definition) is 0. The van der Waals surface area contributed by atoms with Crippen molar-refractivity contribution in [3.8, 4) is 0 Å². The Balaban J connectivity index is 2.09. The number of halogens is 1. The maximum absolute atomic E-state index is 12.6. The summed E-state index contributed by atoms with van der Waals surface area (Å²) in [7, 11) is 0. The highest BCUT2D eigenvalue weighted by molar-refractivity contribution is 9.10. The lowest BCUT2D eigenvalue weighted by Crippen LogP contribution is -2.39. The molecule has 1 amide bonds. The van der Waals surface area contributed by atoms with E-state index >= 15 is 0 Å². The minimum atomic E-state index is 0.113. The van der Waals surface area contributed by atoms with E-state index in [0.717, 1.165) is 25.8 Å². The molecule has 4 heteroatoms. The molecule has 2 rings (SSSR count). The summed E-state index contributed by atoms with van der Waals surface area (Å²) in [6, 6.07) is 2.18. The molecule has 0 spiro atoms. The van der Waals surface area contributed by atoms with Crippen molar-refractivity contribution < 1.29 is 9.21 Å². The third-order valence-corrected chi connectivity index (χ3v) is 4.20. The fourth-order valence-electron chi connectivity index (χ4n) is 2.65. The van der Waals surface area contributed by atoms with E-state index in [1.165, 1.54) is 12.8 Å². The second-order valence-electron chi connectivity index (χ2n) is 5.76. The molecule has 0 N–H and O–H groups in total. The van der Waals surface area contributed by atoms with Gasteiger partial charge < -0.3 is 9.32 Å². The zero-order valence-electron chi connectivity index (χ0n) is 11.7. The van der Waals surface area contributed by atoms with Gasteiger partial charge in [0, 0.05) is 18.7 Å². The summed E-state index contributed by atoms with van der Waals surface area (Å²) in [5.74, 6) is 0.731. The number of rotatable bonds is 5. The minimum absolute atomic E-state index is 0.113. The monoisotopic (exact) mass is 327 g/mol. The second-order valence-corrected chi connectivity index (χ2v) is 6.54. The molecular formula is C15H22BrNO2. The Morgan fingerprint density at radius 3 is 2.68 bits per heavy atom. The number of carbonyl (C=O) groups excluding carboxylic acids is 1. The molecule has 1 heterocycles. The molecule has 1 saturated carbocycles. The first kappa shape index (κ1) is 14.6. The van der Waals surface area contributed by atoms with Crippen LogP contribution in [0.2, 0.25) is 0 Å². The summed E-state index contributed by atoms with van der Waals surface area (Å²) in [6.45, 7) is 5.25. The molecule has 1 aromatic heterocycles. The van der Waals surface area contributed by atoms with Crippen molar-refractivity contribution in [3.05, 3.63) is 22.6 Å². The molecule has 0 bridgehead atoms. The molecule has 1 aromatic rings. The van der Waals surface area contributed by atoms with Crippen LogP contribution in [-0.4, -0.2) is 23.4 Å². The van der Waals surface area contributed by atoms with E-state index in [9.17, 15) is 4.79 Å². The van der Waals surface area contributed by atoms with Gasteiger partial charge in [-0.3, -0.25) is 4.79 Å². The average molecular weight is 328 g/mol. The quantitative estimate of drug-likeness (QED) is 0.799. The molecule has 0 atom stereocenters. The van der Waals surface area contributed by atoms with Crippen LogP contribution in [0.5, 0.6) is 0 Å². The van der Waals surface area contributed by atoms with Gasteiger partial charge in [0.1, 0.15) is 6.26 Å². The summed E-state index contributed by atoms with van der Waals surface area (Å²) in [5.41, 5.74) is 0.655. The van der Waals surface area contributed by atoms with Crippen molar-refractivity contribution in [2.24, 2.45) is 5.92 Å². The van der Waals surface area contributed by atoms with Gasteiger partial charge in [-0.25, -0.2) is 0 Å². The molecule has 1 aliphatic carbocycles. The van der Waals surface area contributed by atoms with Gasteiger partial charge in [-0.1, -0.05) is 26.7 Å². The Morgan fingerprint density at radius 2 is 2.16 bits per heavy atom. The first-order chi connectivity index (χ1) is 9.08. The van der Waals surface area contributed by atoms with Gasteiger partial charge in [0.15, 0.2) is 4.67 Å². The summed E-state index contributed by atoms with van der Waals surface area (Å²) in [5, 5.41) is 0. The SMILES string of the molecule is CC(C)CCN(C(=O)c1coc(Br)c1)C1CCCC1. The van der Waals surface area contributed by atoms with Crippen LogP contribution in [0.1, 0.15) is 56.3 Å². The zero-order chi connectivity index (χ0) is 13.8. The van der Waals surface area contributed by atoms with Crippen molar-refractivity contribution >= 4 is 21.8 Å². The summed E-state index contributed by atoms with van der Waals surface area (Å²) >= 11 is 3.26. The van der Waals surface area contributed by atoms with Crippen LogP contribution >= 0.6 is 15.9 Å². The predicted octanol–water partition coefficient (Wildman–Crippen LogP) is 4.47. The number of amides is 1. The fourth-order valence-corrected chi connectivity index (χ4v) is 2.99. The normalized spacial score (nSPS) is 16.2. The van der Waals surface area contributed by atoms with Crippen LogP contribution in [0.25, 0.3) is 0 Å². The first-order valence-corrected chi connectivity index (χ1v) is 7.92. The number of nitrogens with zero attached hydrogens (tertiary/aromatic N) is 1. The fraction of sp³-hybridized carbons (Fsp3) is 0.667.